The molecule has 0 aliphatic rings. The van der Waals surface area contributed by atoms with Crippen molar-refractivity contribution in [3.05, 3.63) is 17.0 Å². The third-order valence-electron chi connectivity index (χ3n) is 3.60. The van der Waals surface area contributed by atoms with Gasteiger partial charge in [-0.2, -0.15) is 5.10 Å². The van der Waals surface area contributed by atoms with E-state index in [0.29, 0.717) is 6.42 Å². The van der Waals surface area contributed by atoms with Crippen LogP contribution in [-0.4, -0.2) is 28.4 Å². The summed E-state index contributed by atoms with van der Waals surface area (Å²) in [5, 5.41) is 4.53. The number of nitrogens with zero attached hydrogens (tertiary/aromatic N) is 2. The maximum Gasteiger partial charge on any atom is 0.325 e. The Morgan fingerprint density at radius 1 is 1.47 bits per heavy atom. The highest BCUT2D eigenvalue weighted by Crippen LogP contribution is 2.16. The number of ether oxygens (including phenoxy) is 1. The average Bonchev–Trinajstić information content (AvgIpc) is 2.62. The molecule has 0 bridgehead atoms. The van der Waals surface area contributed by atoms with Gasteiger partial charge in [0.25, 0.3) is 0 Å². The van der Waals surface area contributed by atoms with Crippen LogP contribution in [0.4, 0.5) is 0 Å². The third-order valence-corrected chi connectivity index (χ3v) is 3.60. The van der Waals surface area contributed by atoms with Gasteiger partial charge in [0.15, 0.2) is 0 Å². The normalized spacial score (nSPS) is 14.2. The average molecular weight is 267 g/mol. The summed E-state index contributed by atoms with van der Waals surface area (Å²) in [4.78, 5) is 11.5. The number of aryl methyl sites for hydroxylation is 2. The Kier molecular flexibility index (Phi) is 5.11. The summed E-state index contributed by atoms with van der Waals surface area (Å²) in [5.41, 5.74) is 8.61. The van der Waals surface area contributed by atoms with Gasteiger partial charge in [-0.05, 0) is 45.6 Å². The maximum absolute atomic E-state index is 11.5. The molecule has 0 radical (unpaired) electrons. The van der Waals surface area contributed by atoms with E-state index >= 15 is 0 Å². The van der Waals surface area contributed by atoms with Gasteiger partial charge in [0.2, 0.25) is 0 Å². The van der Waals surface area contributed by atoms with Gasteiger partial charge in [-0.15, -0.1) is 0 Å². The number of methoxy groups -OCH3 is 1. The van der Waals surface area contributed by atoms with E-state index in [-0.39, 0.29) is 5.97 Å². The monoisotopic (exact) mass is 267 g/mol. The molecule has 1 unspecified atom stereocenters. The van der Waals surface area contributed by atoms with E-state index in [2.05, 4.69) is 18.9 Å². The number of hydrogen-bond donors (Lipinski definition) is 1. The van der Waals surface area contributed by atoms with Crippen molar-refractivity contribution in [3.8, 4) is 0 Å². The molecule has 0 amide bonds. The predicted octanol–water partition coefficient (Wildman–Crippen LogP) is 1.73. The quantitative estimate of drug-likeness (QED) is 0.797. The molecular formula is C14H25N3O2. The Morgan fingerprint density at radius 3 is 2.58 bits per heavy atom. The highest BCUT2D eigenvalue weighted by atomic mass is 16.5. The Labute approximate surface area is 115 Å². The summed E-state index contributed by atoms with van der Waals surface area (Å²) in [7, 11) is 1.36. The largest absolute Gasteiger partial charge is 0.468 e. The summed E-state index contributed by atoms with van der Waals surface area (Å²) >= 11 is 0. The van der Waals surface area contributed by atoms with Crippen LogP contribution in [0.15, 0.2) is 0 Å². The van der Waals surface area contributed by atoms with Gasteiger partial charge in [-0.1, -0.05) is 6.92 Å². The molecule has 0 fully saturated rings. The molecule has 1 rings (SSSR count). The van der Waals surface area contributed by atoms with Crippen LogP contribution < -0.4 is 5.73 Å². The number of nitrogens with two attached hydrogens (primary N) is 1. The second kappa shape index (κ2) is 6.19. The summed E-state index contributed by atoms with van der Waals surface area (Å²) in [5.74, 6) is -0.366. The molecule has 108 valence electrons. The Bertz CT molecular complexity index is 450. The second-order valence-electron chi connectivity index (χ2n) is 5.24. The first-order valence-corrected chi connectivity index (χ1v) is 6.73. The summed E-state index contributed by atoms with van der Waals surface area (Å²) in [6, 6.07) is 0. The summed E-state index contributed by atoms with van der Waals surface area (Å²) in [6.07, 6.45) is 2.38. The van der Waals surface area contributed by atoms with Crippen molar-refractivity contribution in [1.82, 2.24) is 9.78 Å². The Hall–Kier alpha value is -1.36. The molecule has 0 aliphatic carbocycles. The number of esters is 1. The van der Waals surface area contributed by atoms with E-state index in [1.165, 1.54) is 18.4 Å². The van der Waals surface area contributed by atoms with Gasteiger partial charge in [-0.25, -0.2) is 0 Å². The molecule has 1 heterocycles. The molecule has 19 heavy (non-hydrogen) atoms. The van der Waals surface area contributed by atoms with Crippen LogP contribution >= 0.6 is 0 Å². The zero-order valence-corrected chi connectivity index (χ0v) is 12.6. The van der Waals surface area contributed by atoms with Crippen LogP contribution in [0.3, 0.4) is 0 Å². The molecule has 0 saturated carbocycles. The molecule has 0 saturated heterocycles. The number of carbonyl (C=O) groups excluding carboxylic acids is 1. The molecule has 5 heteroatoms. The first kappa shape index (κ1) is 15.7. The van der Waals surface area contributed by atoms with Gasteiger partial charge in [0.1, 0.15) is 5.54 Å². The van der Waals surface area contributed by atoms with Crippen molar-refractivity contribution >= 4 is 5.97 Å². The van der Waals surface area contributed by atoms with Crippen LogP contribution in [0.5, 0.6) is 0 Å². The van der Waals surface area contributed by atoms with Crippen molar-refractivity contribution in [2.24, 2.45) is 5.73 Å². The minimum absolute atomic E-state index is 0.366. The van der Waals surface area contributed by atoms with E-state index in [1.54, 1.807) is 6.92 Å². The van der Waals surface area contributed by atoms with Gasteiger partial charge < -0.3 is 10.5 Å². The lowest BCUT2D eigenvalue weighted by Crippen LogP contribution is -2.45. The van der Waals surface area contributed by atoms with E-state index in [4.69, 9.17) is 10.5 Å². The zero-order valence-electron chi connectivity index (χ0n) is 12.6. The fourth-order valence-corrected chi connectivity index (χ4v) is 2.39. The summed E-state index contributed by atoms with van der Waals surface area (Å²) in [6.45, 7) is 8.73. The van der Waals surface area contributed by atoms with E-state index in [0.717, 1.165) is 25.1 Å². The molecular weight excluding hydrogens is 242 g/mol. The van der Waals surface area contributed by atoms with Crippen LogP contribution in [-0.2, 0) is 22.5 Å². The van der Waals surface area contributed by atoms with Crippen molar-refractivity contribution in [2.45, 2.75) is 59.0 Å². The number of rotatable bonds is 6. The van der Waals surface area contributed by atoms with Gasteiger partial charge in [0, 0.05) is 12.2 Å². The minimum atomic E-state index is -0.918. The molecule has 1 aromatic heterocycles. The van der Waals surface area contributed by atoms with Crippen LogP contribution in [0, 0.1) is 13.8 Å². The van der Waals surface area contributed by atoms with Crippen LogP contribution in [0.1, 0.15) is 43.6 Å². The van der Waals surface area contributed by atoms with Crippen molar-refractivity contribution < 1.29 is 9.53 Å². The molecule has 0 spiro atoms. The van der Waals surface area contributed by atoms with Crippen molar-refractivity contribution in [2.75, 3.05) is 7.11 Å². The molecule has 1 atom stereocenters. The second-order valence-corrected chi connectivity index (χ2v) is 5.24. The van der Waals surface area contributed by atoms with Gasteiger partial charge >= 0.3 is 5.97 Å². The number of aromatic nitrogens is 2. The maximum atomic E-state index is 11.5. The van der Waals surface area contributed by atoms with E-state index < -0.39 is 5.54 Å². The fraction of sp³-hybridized carbons (Fsp3) is 0.714. The molecule has 2 N–H and O–H groups in total. The molecule has 1 aromatic rings. The highest BCUT2D eigenvalue weighted by Gasteiger charge is 2.28. The highest BCUT2D eigenvalue weighted by molar-refractivity contribution is 5.79. The third kappa shape index (κ3) is 3.56. The zero-order chi connectivity index (χ0) is 14.6. The SMILES string of the molecule is CCc1c(C)nn(CCCC(C)(N)C(=O)OC)c1C. The predicted molar refractivity (Wildman–Crippen MR) is 74.9 cm³/mol. The van der Waals surface area contributed by atoms with Gasteiger partial charge in [-0.3, -0.25) is 9.48 Å². The molecule has 0 aliphatic heterocycles. The lowest BCUT2D eigenvalue weighted by molar-refractivity contribution is -0.146. The minimum Gasteiger partial charge on any atom is -0.468 e. The lowest BCUT2D eigenvalue weighted by Gasteiger charge is -2.21. The number of hydrogen-bond acceptors (Lipinski definition) is 4. The van der Waals surface area contributed by atoms with Crippen LogP contribution in [0.2, 0.25) is 0 Å². The fourth-order valence-electron chi connectivity index (χ4n) is 2.39. The smallest absolute Gasteiger partial charge is 0.325 e. The molecule has 5 nitrogen and oxygen atoms in total. The Morgan fingerprint density at radius 2 is 2.11 bits per heavy atom. The molecule has 0 aromatic carbocycles. The summed E-state index contributed by atoms with van der Waals surface area (Å²) < 4.78 is 6.70. The van der Waals surface area contributed by atoms with E-state index in [9.17, 15) is 4.79 Å². The van der Waals surface area contributed by atoms with Crippen molar-refractivity contribution in [1.29, 1.82) is 0 Å². The van der Waals surface area contributed by atoms with Crippen molar-refractivity contribution in [3.63, 3.8) is 0 Å². The van der Waals surface area contributed by atoms with Crippen LogP contribution in [0.25, 0.3) is 0 Å². The van der Waals surface area contributed by atoms with E-state index in [1.807, 2.05) is 11.6 Å². The lowest BCUT2D eigenvalue weighted by atomic mass is 9.97. The number of carbonyl (C=O) groups is 1. The standard InChI is InChI=1S/C14H25N3O2/c1-6-12-10(2)16-17(11(12)3)9-7-8-14(4,15)13(18)19-5/h6-9,15H2,1-5H3. The topological polar surface area (TPSA) is 70.1 Å². The van der Waals surface area contributed by atoms with Gasteiger partial charge in [0.05, 0.1) is 12.8 Å². The first-order valence-electron chi connectivity index (χ1n) is 6.73. The first-order chi connectivity index (χ1) is 8.83. The Balaban J connectivity index is 2.61.